The molecule has 1 amide bonds. The van der Waals surface area contributed by atoms with Crippen molar-refractivity contribution in [1.82, 2.24) is 5.43 Å². The second-order valence-corrected chi connectivity index (χ2v) is 5.79. The zero-order valence-corrected chi connectivity index (χ0v) is 15.2. The minimum Gasteiger partial charge on any atom is -0.497 e. The Morgan fingerprint density at radius 3 is 2.04 bits per heavy atom. The van der Waals surface area contributed by atoms with E-state index in [9.17, 15) is 4.79 Å². The molecular weight excluding hydrogens is 340 g/mol. The molecule has 0 saturated carbocycles. The third-order valence-corrected chi connectivity index (χ3v) is 4.01. The van der Waals surface area contributed by atoms with E-state index in [1.807, 2.05) is 42.5 Å². The highest BCUT2D eigenvalue weighted by molar-refractivity contribution is 5.95. The molecule has 0 aromatic heterocycles. The molecule has 0 unspecified atom stereocenters. The van der Waals surface area contributed by atoms with Gasteiger partial charge in [0, 0.05) is 17.2 Å². The summed E-state index contributed by atoms with van der Waals surface area (Å²) in [6.07, 6.45) is 1.54. The Kier molecular flexibility index (Phi) is 5.84. The van der Waals surface area contributed by atoms with Crippen LogP contribution in [0.2, 0.25) is 0 Å². The second-order valence-electron chi connectivity index (χ2n) is 5.79. The Bertz CT molecular complexity index is 913. The average molecular weight is 360 g/mol. The molecule has 3 aromatic carbocycles. The highest BCUT2D eigenvalue weighted by Gasteiger charge is 2.05. The molecule has 0 heterocycles. The fourth-order valence-electron chi connectivity index (χ4n) is 2.58. The van der Waals surface area contributed by atoms with Gasteiger partial charge in [-0.3, -0.25) is 4.79 Å². The molecule has 3 aromatic rings. The predicted octanol–water partition coefficient (Wildman–Crippen LogP) is 4.13. The van der Waals surface area contributed by atoms with Gasteiger partial charge in [-0.15, -0.1) is 0 Å². The molecule has 0 saturated heterocycles. The molecule has 0 aliphatic heterocycles. The third kappa shape index (κ3) is 4.73. The SMILES string of the molecule is COc1cc(C=NNC(=O)c2ccc(-c3ccccc3)cc2)cc(OC)c1. The number of amides is 1. The zero-order valence-electron chi connectivity index (χ0n) is 15.2. The molecule has 0 spiro atoms. The van der Waals surface area contributed by atoms with Gasteiger partial charge in [0.15, 0.2) is 0 Å². The molecule has 0 radical (unpaired) electrons. The van der Waals surface area contributed by atoms with E-state index in [2.05, 4.69) is 10.5 Å². The Labute approximate surface area is 158 Å². The summed E-state index contributed by atoms with van der Waals surface area (Å²) in [4.78, 5) is 12.3. The maximum absolute atomic E-state index is 12.3. The summed E-state index contributed by atoms with van der Waals surface area (Å²) in [5.41, 5.74) is 5.98. The van der Waals surface area contributed by atoms with Crippen LogP contribution in [0.3, 0.4) is 0 Å². The molecule has 1 N–H and O–H groups in total. The molecular formula is C22H20N2O3. The summed E-state index contributed by atoms with van der Waals surface area (Å²) in [5.74, 6) is 1.03. The van der Waals surface area contributed by atoms with Crippen LogP contribution in [0.1, 0.15) is 15.9 Å². The van der Waals surface area contributed by atoms with Gasteiger partial charge in [-0.05, 0) is 35.4 Å². The highest BCUT2D eigenvalue weighted by atomic mass is 16.5. The molecule has 27 heavy (non-hydrogen) atoms. The monoisotopic (exact) mass is 360 g/mol. The van der Waals surface area contributed by atoms with Gasteiger partial charge < -0.3 is 9.47 Å². The summed E-state index contributed by atoms with van der Waals surface area (Å²) in [7, 11) is 3.16. The smallest absolute Gasteiger partial charge is 0.271 e. The number of methoxy groups -OCH3 is 2. The van der Waals surface area contributed by atoms with Gasteiger partial charge in [0.25, 0.3) is 5.91 Å². The van der Waals surface area contributed by atoms with Gasteiger partial charge >= 0.3 is 0 Å². The molecule has 3 rings (SSSR count). The summed E-state index contributed by atoms with van der Waals surface area (Å²) < 4.78 is 10.4. The predicted molar refractivity (Wildman–Crippen MR) is 106 cm³/mol. The quantitative estimate of drug-likeness (QED) is 0.531. The topological polar surface area (TPSA) is 59.9 Å². The van der Waals surface area contributed by atoms with Crippen molar-refractivity contribution < 1.29 is 14.3 Å². The summed E-state index contributed by atoms with van der Waals surface area (Å²) >= 11 is 0. The van der Waals surface area contributed by atoms with Gasteiger partial charge in [-0.25, -0.2) is 5.43 Å². The van der Waals surface area contributed by atoms with E-state index in [0.717, 1.165) is 16.7 Å². The van der Waals surface area contributed by atoms with Gasteiger partial charge in [0.2, 0.25) is 0 Å². The molecule has 5 nitrogen and oxygen atoms in total. The summed E-state index contributed by atoms with van der Waals surface area (Å²) in [5, 5.41) is 4.01. The van der Waals surface area contributed by atoms with Gasteiger partial charge in [0.05, 0.1) is 20.4 Å². The Balaban J connectivity index is 1.66. The minimum atomic E-state index is -0.277. The van der Waals surface area contributed by atoms with E-state index >= 15 is 0 Å². The first-order chi connectivity index (χ1) is 13.2. The van der Waals surface area contributed by atoms with Crippen molar-refractivity contribution in [3.63, 3.8) is 0 Å². The molecule has 0 fully saturated rings. The number of hydrogen-bond acceptors (Lipinski definition) is 4. The van der Waals surface area contributed by atoms with Crippen molar-refractivity contribution in [2.45, 2.75) is 0 Å². The fourth-order valence-corrected chi connectivity index (χ4v) is 2.58. The largest absolute Gasteiger partial charge is 0.497 e. The maximum atomic E-state index is 12.3. The Morgan fingerprint density at radius 2 is 1.44 bits per heavy atom. The normalized spacial score (nSPS) is 10.6. The van der Waals surface area contributed by atoms with Crippen LogP contribution in [-0.2, 0) is 0 Å². The first-order valence-electron chi connectivity index (χ1n) is 8.41. The molecule has 0 aliphatic carbocycles. The van der Waals surface area contributed by atoms with Crippen LogP contribution in [0.15, 0.2) is 77.9 Å². The number of carbonyl (C=O) groups excluding carboxylic acids is 1. The number of rotatable bonds is 6. The van der Waals surface area contributed by atoms with E-state index in [-0.39, 0.29) is 5.91 Å². The Hall–Kier alpha value is -3.60. The lowest BCUT2D eigenvalue weighted by Gasteiger charge is -2.06. The van der Waals surface area contributed by atoms with Crippen molar-refractivity contribution in [2.75, 3.05) is 14.2 Å². The van der Waals surface area contributed by atoms with Crippen molar-refractivity contribution in [1.29, 1.82) is 0 Å². The number of carbonyl (C=O) groups is 1. The number of hydrazone groups is 1. The van der Waals surface area contributed by atoms with Crippen LogP contribution in [0.25, 0.3) is 11.1 Å². The van der Waals surface area contributed by atoms with E-state index < -0.39 is 0 Å². The lowest BCUT2D eigenvalue weighted by Crippen LogP contribution is -2.17. The first-order valence-corrected chi connectivity index (χ1v) is 8.41. The third-order valence-electron chi connectivity index (χ3n) is 4.01. The van der Waals surface area contributed by atoms with Gasteiger partial charge in [-0.1, -0.05) is 42.5 Å². The zero-order chi connectivity index (χ0) is 19.1. The van der Waals surface area contributed by atoms with Crippen LogP contribution in [-0.4, -0.2) is 26.3 Å². The Morgan fingerprint density at radius 1 is 0.852 bits per heavy atom. The molecule has 0 atom stereocenters. The van der Waals surface area contributed by atoms with Crippen LogP contribution in [0.4, 0.5) is 0 Å². The summed E-state index contributed by atoms with van der Waals surface area (Å²) in [6, 6.07) is 22.8. The van der Waals surface area contributed by atoms with E-state index in [4.69, 9.17) is 9.47 Å². The highest BCUT2D eigenvalue weighted by Crippen LogP contribution is 2.21. The lowest BCUT2D eigenvalue weighted by atomic mass is 10.0. The van der Waals surface area contributed by atoms with Gasteiger partial charge in [-0.2, -0.15) is 5.10 Å². The van der Waals surface area contributed by atoms with Crippen molar-refractivity contribution in [3.8, 4) is 22.6 Å². The van der Waals surface area contributed by atoms with Crippen molar-refractivity contribution >= 4 is 12.1 Å². The van der Waals surface area contributed by atoms with Crippen molar-refractivity contribution in [3.05, 3.63) is 83.9 Å². The number of nitrogens with one attached hydrogen (secondary N) is 1. The number of nitrogens with zero attached hydrogens (tertiary/aromatic N) is 1. The van der Waals surface area contributed by atoms with Crippen LogP contribution >= 0.6 is 0 Å². The maximum Gasteiger partial charge on any atom is 0.271 e. The number of benzene rings is 3. The van der Waals surface area contributed by atoms with Crippen LogP contribution in [0.5, 0.6) is 11.5 Å². The average Bonchev–Trinajstić information content (AvgIpc) is 2.74. The number of ether oxygens (including phenoxy) is 2. The molecule has 0 aliphatic rings. The van der Waals surface area contributed by atoms with E-state index in [1.54, 1.807) is 50.8 Å². The second kappa shape index (κ2) is 8.67. The lowest BCUT2D eigenvalue weighted by molar-refractivity contribution is 0.0955. The number of hydrogen-bond donors (Lipinski definition) is 1. The summed E-state index contributed by atoms with van der Waals surface area (Å²) in [6.45, 7) is 0. The molecule has 0 bridgehead atoms. The van der Waals surface area contributed by atoms with Crippen molar-refractivity contribution in [2.24, 2.45) is 5.10 Å². The molecule has 5 heteroatoms. The molecule has 136 valence electrons. The van der Waals surface area contributed by atoms with E-state index in [0.29, 0.717) is 17.1 Å². The fraction of sp³-hybridized carbons (Fsp3) is 0.0909. The van der Waals surface area contributed by atoms with Crippen LogP contribution < -0.4 is 14.9 Å². The standard InChI is InChI=1S/C22H20N2O3/c1-26-20-12-16(13-21(14-20)27-2)15-23-24-22(25)19-10-8-18(9-11-19)17-6-4-3-5-7-17/h3-15H,1-2H3,(H,24,25). The van der Waals surface area contributed by atoms with Gasteiger partial charge in [0.1, 0.15) is 11.5 Å². The van der Waals surface area contributed by atoms with Crippen LogP contribution in [0, 0.1) is 0 Å². The van der Waals surface area contributed by atoms with E-state index in [1.165, 1.54) is 0 Å². The first kappa shape index (κ1) is 18.2. The minimum absolute atomic E-state index is 0.277.